The third-order valence-electron chi connectivity index (χ3n) is 2.93. The summed E-state index contributed by atoms with van der Waals surface area (Å²) >= 11 is 1.51. The first-order valence-electron chi connectivity index (χ1n) is 6.82. The zero-order chi connectivity index (χ0) is 14.3. The Kier molecular flexibility index (Phi) is 6.91. The minimum Gasteiger partial charge on any atom is -0.356 e. The van der Waals surface area contributed by atoms with Crippen molar-refractivity contribution in [1.29, 1.82) is 0 Å². The van der Waals surface area contributed by atoms with Crippen LogP contribution in [0.5, 0.6) is 0 Å². The molecule has 0 aliphatic carbocycles. The fourth-order valence-electron chi connectivity index (χ4n) is 1.97. The second kappa shape index (κ2) is 8.19. The van der Waals surface area contributed by atoms with E-state index >= 15 is 0 Å². The van der Waals surface area contributed by atoms with Crippen molar-refractivity contribution in [2.45, 2.75) is 44.8 Å². The minimum atomic E-state index is -0.216. The van der Waals surface area contributed by atoms with E-state index in [4.69, 9.17) is 0 Å². The van der Waals surface area contributed by atoms with E-state index in [0.717, 1.165) is 12.2 Å². The van der Waals surface area contributed by atoms with Crippen LogP contribution in [0.2, 0.25) is 0 Å². The number of nitrogens with one attached hydrogen (secondary N) is 1. The molecule has 1 N–H and O–H groups in total. The van der Waals surface area contributed by atoms with Gasteiger partial charge in [0.25, 0.3) is 0 Å². The van der Waals surface area contributed by atoms with Gasteiger partial charge in [-0.05, 0) is 18.6 Å². The first kappa shape index (κ1) is 16.0. The quantitative estimate of drug-likeness (QED) is 0.680. The highest BCUT2D eigenvalue weighted by Gasteiger charge is 2.37. The molecular formula is C13H22N2O3S. The van der Waals surface area contributed by atoms with Gasteiger partial charge in [-0.15, -0.1) is 11.8 Å². The van der Waals surface area contributed by atoms with Crippen molar-refractivity contribution in [3.8, 4) is 0 Å². The van der Waals surface area contributed by atoms with Gasteiger partial charge in [0.05, 0.1) is 5.25 Å². The van der Waals surface area contributed by atoms with Crippen LogP contribution in [-0.2, 0) is 14.4 Å². The summed E-state index contributed by atoms with van der Waals surface area (Å²) in [5, 5.41) is 2.56. The molecule has 19 heavy (non-hydrogen) atoms. The van der Waals surface area contributed by atoms with Gasteiger partial charge < -0.3 is 5.32 Å². The Morgan fingerprint density at radius 3 is 2.79 bits per heavy atom. The predicted molar refractivity (Wildman–Crippen MR) is 75.8 cm³/mol. The second-order valence-electron chi connectivity index (χ2n) is 4.49. The van der Waals surface area contributed by atoms with Crippen LogP contribution in [0, 0.1) is 0 Å². The standard InChI is InChI=1S/C13H22N2O3S/c1-3-7-14-11(16)6-5-8-15-12(17)9-10(13(15)18)19-4-2/h10H,3-9H2,1-2H3,(H,14,16). The lowest BCUT2D eigenvalue weighted by molar-refractivity contribution is -0.138. The first-order chi connectivity index (χ1) is 9.10. The average molecular weight is 286 g/mol. The fraction of sp³-hybridized carbons (Fsp3) is 0.769. The average Bonchev–Trinajstić information content (AvgIpc) is 2.64. The number of nitrogens with zero attached hydrogens (tertiary/aromatic N) is 1. The summed E-state index contributed by atoms with van der Waals surface area (Å²) in [5.74, 6) is 0.618. The van der Waals surface area contributed by atoms with Gasteiger partial charge in [-0.3, -0.25) is 19.3 Å². The minimum absolute atomic E-state index is 0.0135. The van der Waals surface area contributed by atoms with Crippen molar-refractivity contribution in [3.05, 3.63) is 0 Å². The number of likely N-dealkylation sites (tertiary alicyclic amines) is 1. The Hall–Kier alpha value is -1.04. The molecule has 1 rings (SSSR count). The van der Waals surface area contributed by atoms with E-state index in [2.05, 4.69) is 5.32 Å². The van der Waals surface area contributed by atoms with Gasteiger partial charge in [-0.2, -0.15) is 0 Å². The molecule has 6 heteroatoms. The first-order valence-corrected chi connectivity index (χ1v) is 7.87. The molecule has 0 aromatic carbocycles. The summed E-state index contributed by atoms with van der Waals surface area (Å²) < 4.78 is 0. The zero-order valence-electron chi connectivity index (χ0n) is 11.6. The molecule has 0 radical (unpaired) electrons. The van der Waals surface area contributed by atoms with Crippen LogP contribution in [0.1, 0.15) is 39.5 Å². The van der Waals surface area contributed by atoms with Crippen LogP contribution in [0.25, 0.3) is 0 Å². The molecule has 1 aliphatic rings. The van der Waals surface area contributed by atoms with Crippen molar-refractivity contribution < 1.29 is 14.4 Å². The van der Waals surface area contributed by atoms with Crippen LogP contribution < -0.4 is 5.32 Å². The van der Waals surface area contributed by atoms with Crippen molar-refractivity contribution in [2.75, 3.05) is 18.8 Å². The molecule has 0 aromatic heterocycles. The van der Waals surface area contributed by atoms with E-state index in [0.29, 0.717) is 32.4 Å². The van der Waals surface area contributed by atoms with E-state index in [-0.39, 0.29) is 23.0 Å². The molecule has 0 saturated carbocycles. The van der Waals surface area contributed by atoms with Gasteiger partial charge in [0.2, 0.25) is 17.7 Å². The van der Waals surface area contributed by atoms with Crippen LogP contribution in [0.3, 0.4) is 0 Å². The lowest BCUT2D eigenvalue weighted by atomic mass is 10.2. The molecule has 0 aromatic rings. The Morgan fingerprint density at radius 1 is 1.42 bits per heavy atom. The number of hydrogen-bond acceptors (Lipinski definition) is 4. The van der Waals surface area contributed by atoms with Crippen molar-refractivity contribution in [1.82, 2.24) is 10.2 Å². The lowest BCUT2D eigenvalue weighted by Gasteiger charge is -2.14. The molecule has 1 fully saturated rings. The Labute approximate surface area is 118 Å². The van der Waals surface area contributed by atoms with Crippen LogP contribution in [0.4, 0.5) is 0 Å². The second-order valence-corrected chi connectivity index (χ2v) is 5.96. The van der Waals surface area contributed by atoms with E-state index < -0.39 is 0 Å². The Balaban J connectivity index is 2.31. The highest BCUT2D eigenvalue weighted by Crippen LogP contribution is 2.24. The topological polar surface area (TPSA) is 66.5 Å². The molecule has 0 bridgehead atoms. The predicted octanol–water partition coefficient (Wildman–Crippen LogP) is 1.17. The summed E-state index contributed by atoms with van der Waals surface area (Å²) in [6.45, 7) is 5.00. The van der Waals surface area contributed by atoms with E-state index in [9.17, 15) is 14.4 Å². The summed E-state index contributed by atoms with van der Waals surface area (Å²) in [4.78, 5) is 36.4. The molecule has 108 valence electrons. The number of carbonyl (C=O) groups excluding carboxylic acids is 3. The van der Waals surface area contributed by atoms with Gasteiger partial charge >= 0.3 is 0 Å². The third kappa shape index (κ3) is 4.86. The number of hydrogen-bond donors (Lipinski definition) is 1. The highest BCUT2D eigenvalue weighted by molar-refractivity contribution is 8.00. The van der Waals surface area contributed by atoms with E-state index in [1.807, 2.05) is 13.8 Å². The molecule has 1 saturated heterocycles. The van der Waals surface area contributed by atoms with Crippen molar-refractivity contribution in [3.63, 3.8) is 0 Å². The molecule has 1 unspecified atom stereocenters. The molecule has 1 aliphatic heterocycles. The molecular weight excluding hydrogens is 264 g/mol. The fourth-order valence-corrected chi connectivity index (χ4v) is 2.90. The monoisotopic (exact) mass is 286 g/mol. The summed E-state index contributed by atoms with van der Waals surface area (Å²) in [7, 11) is 0. The highest BCUT2D eigenvalue weighted by atomic mass is 32.2. The van der Waals surface area contributed by atoms with E-state index in [1.165, 1.54) is 16.7 Å². The Morgan fingerprint density at radius 2 is 2.16 bits per heavy atom. The van der Waals surface area contributed by atoms with Gasteiger partial charge in [-0.25, -0.2) is 0 Å². The van der Waals surface area contributed by atoms with Gasteiger partial charge in [0, 0.05) is 25.9 Å². The molecule has 3 amide bonds. The van der Waals surface area contributed by atoms with Gasteiger partial charge in [-0.1, -0.05) is 13.8 Å². The van der Waals surface area contributed by atoms with E-state index in [1.54, 1.807) is 0 Å². The SMILES string of the molecule is CCCNC(=O)CCCN1C(=O)CC(SCC)C1=O. The molecule has 0 spiro atoms. The van der Waals surface area contributed by atoms with Crippen molar-refractivity contribution >= 4 is 29.5 Å². The summed E-state index contributed by atoms with van der Waals surface area (Å²) in [5.41, 5.74) is 0. The lowest BCUT2D eigenvalue weighted by Crippen LogP contribution is -2.33. The molecule has 1 heterocycles. The normalized spacial score (nSPS) is 19.1. The number of rotatable bonds is 8. The smallest absolute Gasteiger partial charge is 0.242 e. The maximum atomic E-state index is 11.9. The Bertz CT molecular complexity index is 347. The van der Waals surface area contributed by atoms with Crippen LogP contribution in [0.15, 0.2) is 0 Å². The summed E-state index contributed by atoms with van der Waals surface area (Å²) in [6, 6.07) is 0. The largest absolute Gasteiger partial charge is 0.356 e. The summed E-state index contributed by atoms with van der Waals surface area (Å²) in [6.07, 6.45) is 2.11. The zero-order valence-corrected chi connectivity index (χ0v) is 12.4. The molecule has 5 nitrogen and oxygen atoms in total. The number of amides is 3. The van der Waals surface area contributed by atoms with Gasteiger partial charge in [0.1, 0.15) is 0 Å². The van der Waals surface area contributed by atoms with Gasteiger partial charge in [0.15, 0.2) is 0 Å². The van der Waals surface area contributed by atoms with Crippen molar-refractivity contribution in [2.24, 2.45) is 0 Å². The number of carbonyl (C=O) groups is 3. The third-order valence-corrected chi connectivity index (χ3v) is 4.03. The van der Waals surface area contributed by atoms with Crippen LogP contribution in [-0.4, -0.2) is 46.7 Å². The van der Waals surface area contributed by atoms with Crippen LogP contribution >= 0.6 is 11.8 Å². The number of thioether (sulfide) groups is 1. The maximum absolute atomic E-state index is 11.9. The number of imide groups is 1. The maximum Gasteiger partial charge on any atom is 0.242 e. The molecule has 1 atom stereocenters.